The van der Waals surface area contributed by atoms with Crippen LogP contribution in [0.15, 0.2) is 24.3 Å². The molecule has 16 heavy (non-hydrogen) atoms. The summed E-state index contributed by atoms with van der Waals surface area (Å²) in [6.07, 6.45) is 2.17. The molecule has 0 bridgehead atoms. The highest BCUT2D eigenvalue weighted by molar-refractivity contribution is 5.50. The number of nitrogens with one attached hydrogen (secondary N) is 1. The normalized spacial score (nSPS) is 14.2. The van der Waals surface area contributed by atoms with Crippen LogP contribution in [0.2, 0.25) is 0 Å². The third kappa shape index (κ3) is 3.42. The second-order valence-electron chi connectivity index (χ2n) is 4.37. The first-order chi connectivity index (χ1) is 7.63. The van der Waals surface area contributed by atoms with Crippen LogP contribution in [0, 0.1) is 0 Å². The Morgan fingerprint density at radius 2 is 2.19 bits per heavy atom. The quantitative estimate of drug-likeness (QED) is 0.778. The lowest BCUT2D eigenvalue weighted by Crippen LogP contribution is -2.42. The minimum absolute atomic E-state index is 0.0406. The van der Waals surface area contributed by atoms with Crippen LogP contribution in [0.1, 0.15) is 26.7 Å². The van der Waals surface area contributed by atoms with Gasteiger partial charge in [-0.15, -0.1) is 0 Å². The first-order valence-electron chi connectivity index (χ1n) is 5.76. The van der Waals surface area contributed by atoms with E-state index in [4.69, 9.17) is 10.5 Å². The van der Waals surface area contributed by atoms with Gasteiger partial charge in [-0.3, -0.25) is 0 Å². The van der Waals surface area contributed by atoms with E-state index >= 15 is 0 Å². The molecule has 0 spiro atoms. The van der Waals surface area contributed by atoms with Gasteiger partial charge in [-0.25, -0.2) is 0 Å². The Morgan fingerprint density at radius 1 is 1.44 bits per heavy atom. The van der Waals surface area contributed by atoms with E-state index in [0.717, 1.165) is 24.3 Å². The molecular formula is C13H22N2O. The van der Waals surface area contributed by atoms with Crippen molar-refractivity contribution in [3.8, 4) is 5.75 Å². The lowest BCUT2D eigenvalue weighted by molar-refractivity contribution is 0.414. The van der Waals surface area contributed by atoms with Crippen LogP contribution in [0.5, 0.6) is 5.75 Å². The molecule has 0 fully saturated rings. The number of benzene rings is 1. The lowest BCUT2D eigenvalue weighted by Gasteiger charge is -2.30. The standard InChI is InChI=1S/C13H22N2O/c1-4-8-13(2,10-14)15-11-6-5-7-12(9-11)16-3/h5-7,9,15H,4,8,10,14H2,1-3H3. The van der Waals surface area contributed by atoms with Gasteiger partial charge in [-0.1, -0.05) is 19.4 Å². The SMILES string of the molecule is CCCC(C)(CN)Nc1cccc(OC)c1. The van der Waals surface area contributed by atoms with E-state index in [9.17, 15) is 0 Å². The average Bonchev–Trinajstić information content (AvgIpc) is 2.29. The molecule has 1 aromatic carbocycles. The van der Waals surface area contributed by atoms with E-state index in [1.807, 2.05) is 24.3 Å². The minimum Gasteiger partial charge on any atom is -0.497 e. The molecule has 0 radical (unpaired) electrons. The predicted octanol–water partition coefficient (Wildman–Crippen LogP) is 2.62. The summed E-state index contributed by atoms with van der Waals surface area (Å²) >= 11 is 0. The monoisotopic (exact) mass is 222 g/mol. The Hall–Kier alpha value is -1.22. The summed E-state index contributed by atoms with van der Waals surface area (Å²) in [5, 5.41) is 3.48. The van der Waals surface area contributed by atoms with Crippen molar-refractivity contribution in [3.63, 3.8) is 0 Å². The van der Waals surface area contributed by atoms with Gasteiger partial charge in [0, 0.05) is 23.8 Å². The fraction of sp³-hybridized carbons (Fsp3) is 0.538. The Labute approximate surface area is 98.0 Å². The maximum absolute atomic E-state index is 5.82. The number of methoxy groups -OCH3 is 1. The molecule has 90 valence electrons. The highest BCUT2D eigenvalue weighted by Gasteiger charge is 2.20. The molecule has 0 saturated heterocycles. The van der Waals surface area contributed by atoms with Crippen LogP contribution >= 0.6 is 0 Å². The van der Waals surface area contributed by atoms with Crippen molar-refractivity contribution in [3.05, 3.63) is 24.3 Å². The summed E-state index contributed by atoms with van der Waals surface area (Å²) in [4.78, 5) is 0. The van der Waals surface area contributed by atoms with Gasteiger partial charge in [0.2, 0.25) is 0 Å². The summed E-state index contributed by atoms with van der Waals surface area (Å²) in [7, 11) is 1.67. The first kappa shape index (κ1) is 12.8. The van der Waals surface area contributed by atoms with Crippen LogP contribution in [0.4, 0.5) is 5.69 Å². The van der Waals surface area contributed by atoms with Gasteiger partial charge in [0.15, 0.2) is 0 Å². The Kier molecular flexibility index (Phi) is 4.62. The zero-order valence-corrected chi connectivity index (χ0v) is 10.4. The van der Waals surface area contributed by atoms with Crippen molar-refractivity contribution in [1.82, 2.24) is 0 Å². The van der Waals surface area contributed by atoms with Crippen molar-refractivity contribution in [2.75, 3.05) is 19.0 Å². The number of rotatable bonds is 6. The molecule has 0 heterocycles. The van der Waals surface area contributed by atoms with E-state index in [2.05, 4.69) is 19.2 Å². The molecule has 0 aliphatic rings. The van der Waals surface area contributed by atoms with Gasteiger partial charge >= 0.3 is 0 Å². The van der Waals surface area contributed by atoms with Crippen molar-refractivity contribution >= 4 is 5.69 Å². The third-order valence-electron chi connectivity index (χ3n) is 2.77. The molecule has 1 unspecified atom stereocenters. The maximum Gasteiger partial charge on any atom is 0.120 e. The van der Waals surface area contributed by atoms with Crippen molar-refractivity contribution in [2.24, 2.45) is 5.73 Å². The largest absolute Gasteiger partial charge is 0.497 e. The number of hydrogen-bond acceptors (Lipinski definition) is 3. The molecule has 1 atom stereocenters. The van der Waals surface area contributed by atoms with Gasteiger partial charge < -0.3 is 15.8 Å². The Morgan fingerprint density at radius 3 is 2.75 bits per heavy atom. The fourth-order valence-electron chi connectivity index (χ4n) is 1.82. The highest BCUT2D eigenvalue weighted by Crippen LogP contribution is 2.22. The smallest absolute Gasteiger partial charge is 0.120 e. The molecule has 3 heteroatoms. The zero-order valence-electron chi connectivity index (χ0n) is 10.4. The van der Waals surface area contributed by atoms with Crippen LogP contribution in [0.25, 0.3) is 0 Å². The first-order valence-corrected chi connectivity index (χ1v) is 5.76. The molecule has 3 N–H and O–H groups in total. The number of nitrogens with two attached hydrogens (primary N) is 1. The topological polar surface area (TPSA) is 47.3 Å². The van der Waals surface area contributed by atoms with E-state index in [1.54, 1.807) is 7.11 Å². The minimum atomic E-state index is -0.0406. The molecule has 0 aliphatic carbocycles. The summed E-state index contributed by atoms with van der Waals surface area (Å²) < 4.78 is 5.19. The summed E-state index contributed by atoms with van der Waals surface area (Å²) in [6.45, 7) is 4.94. The van der Waals surface area contributed by atoms with Crippen LogP contribution in [-0.2, 0) is 0 Å². The predicted molar refractivity (Wildman–Crippen MR) is 69.0 cm³/mol. The molecule has 0 amide bonds. The molecule has 1 rings (SSSR count). The Bertz CT molecular complexity index is 327. The van der Waals surface area contributed by atoms with Crippen molar-refractivity contribution < 1.29 is 4.74 Å². The molecule has 1 aromatic rings. The van der Waals surface area contributed by atoms with E-state index in [0.29, 0.717) is 6.54 Å². The molecule has 0 saturated carbocycles. The van der Waals surface area contributed by atoms with E-state index in [1.165, 1.54) is 0 Å². The second-order valence-corrected chi connectivity index (χ2v) is 4.37. The Balaban J connectivity index is 2.77. The summed E-state index contributed by atoms with van der Waals surface area (Å²) in [5.74, 6) is 0.862. The van der Waals surface area contributed by atoms with E-state index in [-0.39, 0.29) is 5.54 Å². The van der Waals surface area contributed by atoms with Crippen LogP contribution < -0.4 is 15.8 Å². The molecule has 0 aromatic heterocycles. The van der Waals surface area contributed by atoms with Crippen LogP contribution in [0.3, 0.4) is 0 Å². The molecule has 3 nitrogen and oxygen atoms in total. The van der Waals surface area contributed by atoms with E-state index < -0.39 is 0 Å². The zero-order chi connectivity index (χ0) is 12.0. The average molecular weight is 222 g/mol. The van der Waals surface area contributed by atoms with Gasteiger partial charge in [0.05, 0.1) is 7.11 Å². The molecular weight excluding hydrogens is 200 g/mol. The number of anilines is 1. The third-order valence-corrected chi connectivity index (χ3v) is 2.77. The maximum atomic E-state index is 5.82. The highest BCUT2D eigenvalue weighted by atomic mass is 16.5. The fourth-order valence-corrected chi connectivity index (χ4v) is 1.82. The van der Waals surface area contributed by atoms with Crippen molar-refractivity contribution in [1.29, 1.82) is 0 Å². The number of ether oxygens (including phenoxy) is 1. The van der Waals surface area contributed by atoms with Gasteiger partial charge in [-0.2, -0.15) is 0 Å². The van der Waals surface area contributed by atoms with Gasteiger partial charge in [-0.05, 0) is 25.5 Å². The lowest BCUT2D eigenvalue weighted by atomic mass is 9.96. The summed E-state index contributed by atoms with van der Waals surface area (Å²) in [5.41, 5.74) is 6.83. The number of hydrogen-bond donors (Lipinski definition) is 2. The second kappa shape index (κ2) is 5.75. The molecule has 0 aliphatic heterocycles. The summed E-state index contributed by atoms with van der Waals surface area (Å²) in [6, 6.07) is 7.94. The van der Waals surface area contributed by atoms with Gasteiger partial charge in [0.1, 0.15) is 5.75 Å². The van der Waals surface area contributed by atoms with Crippen LogP contribution in [-0.4, -0.2) is 19.2 Å². The van der Waals surface area contributed by atoms with Gasteiger partial charge in [0.25, 0.3) is 0 Å². The van der Waals surface area contributed by atoms with Crippen molar-refractivity contribution in [2.45, 2.75) is 32.2 Å².